The van der Waals surface area contributed by atoms with Crippen LogP contribution in [0.4, 0.5) is 5.69 Å². The minimum atomic E-state index is -0.426. The molecule has 0 saturated heterocycles. The summed E-state index contributed by atoms with van der Waals surface area (Å²) >= 11 is 0. The lowest BCUT2D eigenvalue weighted by Gasteiger charge is -2.21. The molecule has 2 rings (SSSR count). The Morgan fingerprint density at radius 2 is 2.05 bits per heavy atom. The van der Waals surface area contributed by atoms with Gasteiger partial charge < -0.3 is 15.4 Å². The second kappa shape index (κ2) is 6.16. The zero-order valence-electron chi connectivity index (χ0n) is 12.8. The van der Waals surface area contributed by atoms with Gasteiger partial charge >= 0.3 is 5.97 Å². The molecular weight excluding hydrogens is 268 g/mol. The summed E-state index contributed by atoms with van der Waals surface area (Å²) in [5.41, 5.74) is 7.49. The van der Waals surface area contributed by atoms with Gasteiger partial charge in [0.2, 0.25) is 5.91 Å². The second-order valence-corrected chi connectivity index (χ2v) is 5.75. The number of nitrogens with two attached hydrogens (primary N) is 1. The van der Waals surface area contributed by atoms with Crippen LogP contribution in [0.15, 0.2) is 18.2 Å². The smallest absolute Gasteiger partial charge is 0.340 e. The van der Waals surface area contributed by atoms with Crippen molar-refractivity contribution in [2.75, 3.05) is 5.73 Å². The maximum absolute atomic E-state index is 12.0. The number of carbonyl (C=O) groups is 2. The second-order valence-electron chi connectivity index (χ2n) is 5.75. The van der Waals surface area contributed by atoms with Crippen LogP contribution in [0.1, 0.15) is 49.5 Å². The number of anilines is 1. The summed E-state index contributed by atoms with van der Waals surface area (Å²) in [5, 5.41) is 0. The molecule has 1 aliphatic carbocycles. The zero-order chi connectivity index (χ0) is 15.6. The van der Waals surface area contributed by atoms with E-state index in [2.05, 4.69) is 0 Å². The first kappa shape index (κ1) is 15.4. The molecule has 0 bridgehead atoms. The number of hydrogen-bond acceptors (Lipinski definition) is 4. The van der Waals surface area contributed by atoms with Gasteiger partial charge in [-0.3, -0.25) is 4.79 Å². The molecule has 5 heteroatoms. The third-order valence-electron chi connectivity index (χ3n) is 3.43. The Kier molecular flexibility index (Phi) is 4.50. The number of hydrogen-bond donors (Lipinski definition) is 1. The van der Waals surface area contributed by atoms with Gasteiger partial charge in [-0.05, 0) is 44.4 Å². The predicted molar refractivity (Wildman–Crippen MR) is 80.7 cm³/mol. The number of ether oxygens (including phenoxy) is 1. The number of esters is 1. The van der Waals surface area contributed by atoms with Gasteiger partial charge in [0.25, 0.3) is 0 Å². The highest BCUT2D eigenvalue weighted by atomic mass is 16.5. The van der Waals surface area contributed by atoms with E-state index < -0.39 is 5.97 Å². The molecule has 1 aliphatic rings. The number of carbonyl (C=O) groups excluding carboxylic acids is 2. The van der Waals surface area contributed by atoms with Crippen molar-refractivity contribution in [2.45, 2.75) is 52.3 Å². The molecule has 0 radical (unpaired) electrons. The van der Waals surface area contributed by atoms with Crippen molar-refractivity contribution >= 4 is 17.6 Å². The van der Waals surface area contributed by atoms with Gasteiger partial charge in [-0.25, -0.2) is 4.79 Å². The topological polar surface area (TPSA) is 72.6 Å². The molecule has 1 saturated carbocycles. The SMILES string of the molecule is CC(=O)N(Cc1ccc(N)c(C(=O)OC(C)C)c1)C1CC1. The lowest BCUT2D eigenvalue weighted by Crippen LogP contribution is -2.30. The van der Waals surface area contributed by atoms with E-state index in [4.69, 9.17) is 10.5 Å². The molecule has 5 nitrogen and oxygen atoms in total. The quantitative estimate of drug-likeness (QED) is 0.667. The molecule has 0 unspecified atom stereocenters. The summed E-state index contributed by atoms with van der Waals surface area (Å²) in [4.78, 5) is 25.5. The van der Waals surface area contributed by atoms with Crippen LogP contribution in [-0.2, 0) is 16.1 Å². The van der Waals surface area contributed by atoms with Gasteiger partial charge in [0.15, 0.2) is 0 Å². The van der Waals surface area contributed by atoms with Gasteiger partial charge in [-0.1, -0.05) is 6.07 Å². The minimum Gasteiger partial charge on any atom is -0.459 e. The average molecular weight is 290 g/mol. The zero-order valence-corrected chi connectivity index (χ0v) is 12.8. The van der Waals surface area contributed by atoms with Crippen LogP contribution in [0.25, 0.3) is 0 Å². The highest BCUT2D eigenvalue weighted by Gasteiger charge is 2.30. The molecule has 0 aliphatic heterocycles. The molecule has 0 aromatic heterocycles. The van der Waals surface area contributed by atoms with E-state index in [1.165, 1.54) is 0 Å². The Hall–Kier alpha value is -2.04. The Balaban J connectivity index is 2.17. The van der Waals surface area contributed by atoms with Gasteiger partial charge in [0.05, 0.1) is 11.7 Å². The fourth-order valence-corrected chi connectivity index (χ4v) is 2.24. The molecule has 1 amide bonds. The van der Waals surface area contributed by atoms with Crippen LogP contribution in [0, 0.1) is 0 Å². The summed E-state index contributed by atoms with van der Waals surface area (Å²) in [6.07, 6.45) is 1.91. The van der Waals surface area contributed by atoms with Crippen LogP contribution >= 0.6 is 0 Å². The molecule has 114 valence electrons. The van der Waals surface area contributed by atoms with Gasteiger partial charge in [-0.15, -0.1) is 0 Å². The molecule has 1 fully saturated rings. The van der Waals surface area contributed by atoms with Crippen LogP contribution in [0.2, 0.25) is 0 Å². The van der Waals surface area contributed by atoms with Gasteiger partial charge in [0.1, 0.15) is 0 Å². The number of nitrogens with zero attached hydrogens (tertiary/aromatic N) is 1. The standard InChI is InChI=1S/C16H22N2O3/c1-10(2)21-16(20)14-8-12(4-7-15(14)17)9-18(11(3)19)13-5-6-13/h4,7-8,10,13H,5-6,9,17H2,1-3H3. The van der Waals surface area contributed by atoms with Crippen LogP contribution in [0.5, 0.6) is 0 Å². The summed E-state index contributed by atoms with van der Waals surface area (Å²) < 4.78 is 5.18. The molecule has 21 heavy (non-hydrogen) atoms. The van der Waals surface area contributed by atoms with Crippen molar-refractivity contribution in [3.05, 3.63) is 29.3 Å². The maximum Gasteiger partial charge on any atom is 0.340 e. The first-order valence-corrected chi connectivity index (χ1v) is 7.25. The van der Waals surface area contributed by atoms with Crippen LogP contribution in [-0.4, -0.2) is 28.9 Å². The first-order chi connectivity index (χ1) is 9.88. The lowest BCUT2D eigenvalue weighted by atomic mass is 10.1. The Morgan fingerprint density at radius 3 is 2.57 bits per heavy atom. The van der Waals surface area contributed by atoms with Gasteiger partial charge in [0, 0.05) is 25.2 Å². The van der Waals surface area contributed by atoms with Crippen molar-refractivity contribution in [3.63, 3.8) is 0 Å². The lowest BCUT2D eigenvalue weighted by molar-refractivity contribution is -0.130. The number of nitrogen functional groups attached to an aromatic ring is 1. The molecule has 1 aromatic carbocycles. The van der Waals surface area contributed by atoms with Crippen LogP contribution < -0.4 is 5.73 Å². The largest absolute Gasteiger partial charge is 0.459 e. The van der Waals surface area contributed by atoms with E-state index in [9.17, 15) is 9.59 Å². The minimum absolute atomic E-state index is 0.0561. The van der Waals surface area contributed by atoms with E-state index in [0.29, 0.717) is 23.8 Å². The highest BCUT2D eigenvalue weighted by Crippen LogP contribution is 2.29. The fraction of sp³-hybridized carbons (Fsp3) is 0.500. The molecule has 1 aromatic rings. The predicted octanol–water partition coefficient (Wildman–Crippen LogP) is 2.34. The third kappa shape index (κ3) is 3.97. The monoisotopic (exact) mass is 290 g/mol. The van der Waals surface area contributed by atoms with Gasteiger partial charge in [-0.2, -0.15) is 0 Å². The van der Waals surface area contributed by atoms with Crippen molar-refractivity contribution in [1.29, 1.82) is 0 Å². The molecule has 0 spiro atoms. The van der Waals surface area contributed by atoms with E-state index in [0.717, 1.165) is 18.4 Å². The van der Waals surface area contributed by atoms with E-state index in [-0.39, 0.29) is 12.0 Å². The Labute approximate surface area is 125 Å². The number of benzene rings is 1. The summed E-state index contributed by atoms with van der Waals surface area (Å²) in [6, 6.07) is 5.60. The summed E-state index contributed by atoms with van der Waals surface area (Å²) in [5.74, 6) is -0.370. The van der Waals surface area contributed by atoms with Crippen molar-refractivity contribution < 1.29 is 14.3 Å². The molecular formula is C16H22N2O3. The summed E-state index contributed by atoms with van der Waals surface area (Å²) in [7, 11) is 0. The number of amides is 1. The van der Waals surface area contributed by atoms with E-state index in [1.54, 1.807) is 32.9 Å². The van der Waals surface area contributed by atoms with E-state index in [1.807, 2.05) is 11.0 Å². The average Bonchev–Trinajstić information content (AvgIpc) is 3.20. The highest BCUT2D eigenvalue weighted by molar-refractivity contribution is 5.95. The maximum atomic E-state index is 12.0. The number of rotatable bonds is 5. The van der Waals surface area contributed by atoms with Crippen molar-refractivity contribution in [1.82, 2.24) is 4.90 Å². The molecule has 0 atom stereocenters. The summed E-state index contributed by atoms with van der Waals surface area (Å²) in [6.45, 7) is 5.66. The molecule has 0 heterocycles. The van der Waals surface area contributed by atoms with Crippen molar-refractivity contribution in [2.24, 2.45) is 0 Å². The fourth-order valence-electron chi connectivity index (χ4n) is 2.24. The normalized spacial score (nSPS) is 14.1. The first-order valence-electron chi connectivity index (χ1n) is 7.25. The van der Waals surface area contributed by atoms with Crippen LogP contribution in [0.3, 0.4) is 0 Å². The Bertz CT molecular complexity index is 550. The van der Waals surface area contributed by atoms with E-state index >= 15 is 0 Å². The third-order valence-corrected chi connectivity index (χ3v) is 3.43. The molecule has 2 N–H and O–H groups in total. The van der Waals surface area contributed by atoms with Crippen molar-refractivity contribution in [3.8, 4) is 0 Å². The Morgan fingerprint density at radius 1 is 1.38 bits per heavy atom.